The summed E-state index contributed by atoms with van der Waals surface area (Å²) in [6.45, 7) is 5.01. The lowest BCUT2D eigenvalue weighted by atomic mass is 10.1. The van der Waals surface area contributed by atoms with E-state index in [9.17, 15) is 4.79 Å². The normalized spacial score (nSPS) is 17.7. The molecule has 0 radical (unpaired) electrons. The second-order valence-electron chi connectivity index (χ2n) is 6.17. The molecule has 128 valence electrons. The standard InChI is InChI=1S/C17H23N5O2/c1-11-14(12(2)22-21-11)7-16(23)18-8-13-9-19-17(20-10-13)15-5-3-4-6-24-15/h9-10,15H,3-8H2,1-2H3,(H,18,23)(H,21,22)/t15-/m0/s1. The van der Waals surface area contributed by atoms with E-state index >= 15 is 0 Å². The first-order valence-electron chi connectivity index (χ1n) is 8.33. The molecule has 1 amide bonds. The fourth-order valence-corrected chi connectivity index (χ4v) is 2.82. The SMILES string of the molecule is Cc1n[nH]c(C)c1CC(=O)NCc1cnc([C@@H]2CCCCO2)nc1. The van der Waals surface area contributed by atoms with E-state index in [-0.39, 0.29) is 12.0 Å². The van der Waals surface area contributed by atoms with Gasteiger partial charge in [-0.3, -0.25) is 9.89 Å². The number of amides is 1. The molecule has 24 heavy (non-hydrogen) atoms. The molecule has 2 N–H and O–H groups in total. The van der Waals surface area contributed by atoms with Crippen LogP contribution < -0.4 is 5.32 Å². The van der Waals surface area contributed by atoms with Crippen molar-refractivity contribution in [2.75, 3.05) is 6.61 Å². The molecule has 1 atom stereocenters. The van der Waals surface area contributed by atoms with Gasteiger partial charge in [0.2, 0.25) is 5.91 Å². The number of rotatable bonds is 5. The summed E-state index contributed by atoms with van der Waals surface area (Å²) in [6.07, 6.45) is 7.08. The summed E-state index contributed by atoms with van der Waals surface area (Å²) in [5, 5.41) is 9.90. The Labute approximate surface area is 141 Å². The van der Waals surface area contributed by atoms with Gasteiger partial charge in [0.1, 0.15) is 6.10 Å². The summed E-state index contributed by atoms with van der Waals surface area (Å²) in [4.78, 5) is 20.9. The molecule has 0 saturated carbocycles. The number of nitrogens with zero attached hydrogens (tertiary/aromatic N) is 3. The van der Waals surface area contributed by atoms with Crippen LogP contribution in [0.3, 0.4) is 0 Å². The molecular formula is C17H23N5O2. The lowest BCUT2D eigenvalue weighted by Crippen LogP contribution is -2.25. The van der Waals surface area contributed by atoms with Crippen molar-refractivity contribution in [3.05, 3.63) is 40.7 Å². The van der Waals surface area contributed by atoms with E-state index in [1.807, 2.05) is 13.8 Å². The Kier molecular flexibility index (Phi) is 5.20. The molecule has 1 saturated heterocycles. The van der Waals surface area contributed by atoms with Crippen LogP contribution in [0.2, 0.25) is 0 Å². The minimum atomic E-state index is -0.0395. The maximum atomic E-state index is 12.1. The molecular weight excluding hydrogens is 306 g/mol. The Balaban J connectivity index is 1.52. The van der Waals surface area contributed by atoms with Gasteiger partial charge in [0, 0.05) is 42.4 Å². The lowest BCUT2D eigenvalue weighted by molar-refractivity contribution is -0.120. The van der Waals surface area contributed by atoms with Gasteiger partial charge < -0.3 is 10.1 Å². The summed E-state index contributed by atoms with van der Waals surface area (Å²) in [6, 6.07) is 0. The molecule has 0 bridgehead atoms. The van der Waals surface area contributed by atoms with Crippen molar-refractivity contribution in [1.29, 1.82) is 0 Å². The van der Waals surface area contributed by atoms with Crippen molar-refractivity contribution in [1.82, 2.24) is 25.5 Å². The van der Waals surface area contributed by atoms with Crippen LogP contribution in [0.1, 0.15) is 53.7 Å². The molecule has 0 aromatic carbocycles. The molecule has 0 aliphatic carbocycles. The highest BCUT2D eigenvalue weighted by Gasteiger charge is 2.18. The van der Waals surface area contributed by atoms with Crippen molar-refractivity contribution >= 4 is 5.91 Å². The number of carbonyl (C=O) groups excluding carboxylic acids is 1. The molecule has 3 rings (SSSR count). The zero-order valence-corrected chi connectivity index (χ0v) is 14.1. The smallest absolute Gasteiger partial charge is 0.224 e. The van der Waals surface area contributed by atoms with Crippen LogP contribution in [0.5, 0.6) is 0 Å². The summed E-state index contributed by atoms with van der Waals surface area (Å²) in [5.41, 5.74) is 3.63. The van der Waals surface area contributed by atoms with Gasteiger partial charge in [-0.05, 0) is 33.1 Å². The summed E-state index contributed by atoms with van der Waals surface area (Å²) in [7, 11) is 0. The van der Waals surface area contributed by atoms with Gasteiger partial charge in [0.25, 0.3) is 0 Å². The fourth-order valence-electron chi connectivity index (χ4n) is 2.82. The minimum Gasteiger partial charge on any atom is -0.370 e. The highest BCUT2D eigenvalue weighted by Crippen LogP contribution is 2.24. The number of aryl methyl sites for hydroxylation is 2. The van der Waals surface area contributed by atoms with Crippen LogP contribution in [-0.2, 0) is 22.5 Å². The Morgan fingerprint density at radius 1 is 1.33 bits per heavy atom. The highest BCUT2D eigenvalue weighted by atomic mass is 16.5. The maximum absolute atomic E-state index is 12.1. The predicted molar refractivity (Wildman–Crippen MR) is 88.2 cm³/mol. The molecule has 1 aliphatic rings. The Morgan fingerprint density at radius 3 is 2.75 bits per heavy atom. The summed E-state index contributed by atoms with van der Waals surface area (Å²) >= 11 is 0. The van der Waals surface area contributed by atoms with Crippen LogP contribution >= 0.6 is 0 Å². The Hall–Kier alpha value is -2.28. The van der Waals surface area contributed by atoms with Gasteiger partial charge in [0.15, 0.2) is 5.82 Å². The van der Waals surface area contributed by atoms with Gasteiger partial charge in [-0.2, -0.15) is 5.10 Å². The minimum absolute atomic E-state index is 0.00873. The van der Waals surface area contributed by atoms with Gasteiger partial charge in [-0.15, -0.1) is 0 Å². The number of aromatic amines is 1. The van der Waals surface area contributed by atoms with Crippen LogP contribution in [-0.4, -0.2) is 32.7 Å². The van der Waals surface area contributed by atoms with Crippen LogP contribution in [0.4, 0.5) is 0 Å². The third-order valence-electron chi connectivity index (χ3n) is 4.30. The quantitative estimate of drug-likeness (QED) is 0.874. The number of hydrogen-bond acceptors (Lipinski definition) is 5. The first kappa shape index (κ1) is 16.6. The molecule has 1 aliphatic heterocycles. The molecule has 0 unspecified atom stereocenters. The van der Waals surface area contributed by atoms with Crippen molar-refractivity contribution in [2.24, 2.45) is 0 Å². The molecule has 3 heterocycles. The Bertz CT molecular complexity index is 670. The van der Waals surface area contributed by atoms with Gasteiger partial charge in [-0.1, -0.05) is 0 Å². The molecule has 7 heteroatoms. The van der Waals surface area contributed by atoms with E-state index < -0.39 is 0 Å². The van der Waals surface area contributed by atoms with E-state index in [1.54, 1.807) is 12.4 Å². The predicted octanol–water partition coefficient (Wildman–Crippen LogP) is 1.92. The monoisotopic (exact) mass is 329 g/mol. The summed E-state index contributed by atoms with van der Waals surface area (Å²) < 4.78 is 5.68. The number of aromatic nitrogens is 4. The average molecular weight is 329 g/mol. The second kappa shape index (κ2) is 7.53. The van der Waals surface area contributed by atoms with Crippen LogP contribution in [0.25, 0.3) is 0 Å². The molecule has 0 spiro atoms. The largest absolute Gasteiger partial charge is 0.370 e. The number of hydrogen-bond donors (Lipinski definition) is 2. The average Bonchev–Trinajstić information content (AvgIpc) is 2.93. The maximum Gasteiger partial charge on any atom is 0.224 e. The van der Waals surface area contributed by atoms with Crippen molar-refractivity contribution in [2.45, 2.75) is 52.2 Å². The Morgan fingerprint density at radius 2 is 2.12 bits per heavy atom. The van der Waals surface area contributed by atoms with E-state index in [1.165, 1.54) is 0 Å². The molecule has 2 aromatic heterocycles. The number of carbonyl (C=O) groups is 1. The topological polar surface area (TPSA) is 92.8 Å². The zero-order chi connectivity index (χ0) is 16.9. The first-order chi connectivity index (χ1) is 11.6. The van der Waals surface area contributed by atoms with Gasteiger partial charge in [-0.25, -0.2) is 9.97 Å². The van der Waals surface area contributed by atoms with Crippen molar-refractivity contribution in [3.63, 3.8) is 0 Å². The fraction of sp³-hybridized carbons (Fsp3) is 0.529. The third kappa shape index (κ3) is 3.97. The summed E-state index contributed by atoms with van der Waals surface area (Å²) in [5.74, 6) is 0.691. The third-order valence-corrected chi connectivity index (χ3v) is 4.30. The number of H-pyrrole nitrogens is 1. The first-order valence-corrected chi connectivity index (χ1v) is 8.33. The van der Waals surface area contributed by atoms with Gasteiger partial charge >= 0.3 is 0 Å². The van der Waals surface area contributed by atoms with Crippen LogP contribution in [0.15, 0.2) is 12.4 Å². The van der Waals surface area contributed by atoms with Gasteiger partial charge in [0.05, 0.1) is 12.1 Å². The van der Waals surface area contributed by atoms with E-state index in [2.05, 4.69) is 25.5 Å². The van der Waals surface area contributed by atoms with Crippen LogP contribution in [0, 0.1) is 13.8 Å². The van der Waals surface area contributed by atoms with E-state index in [0.717, 1.165) is 54.2 Å². The van der Waals surface area contributed by atoms with E-state index in [4.69, 9.17) is 4.74 Å². The number of nitrogens with one attached hydrogen (secondary N) is 2. The number of ether oxygens (including phenoxy) is 1. The zero-order valence-electron chi connectivity index (χ0n) is 14.1. The molecule has 7 nitrogen and oxygen atoms in total. The molecule has 1 fully saturated rings. The van der Waals surface area contributed by atoms with Crippen molar-refractivity contribution < 1.29 is 9.53 Å². The highest BCUT2D eigenvalue weighted by molar-refractivity contribution is 5.79. The van der Waals surface area contributed by atoms with Crippen molar-refractivity contribution in [3.8, 4) is 0 Å². The lowest BCUT2D eigenvalue weighted by Gasteiger charge is -2.21. The molecule has 2 aromatic rings. The second-order valence-corrected chi connectivity index (χ2v) is 6.17. The van der Waals surface area contributed by atoms with E-state index in [0.29, 0.717) is 13.0 Å².